The molecule has 0 bridgehead atoms. The van der Waals surface area contributed by atoms with Crippen LogP contribution in [0, 0.1) is 5.92 Å². The van der Waals surface area contributed by atoms with Gasteiger partial charge in [-0.2, -0.15) is 0 Å². The molecule has 2 heterocycles. The van der Waals surface area contributed by atoms with Gasteiger partial charge >= 0.3 is 0 Å². The zero-order chi connectivity index (χ0) is 11.5. The first-order chi connectivity index (χ1) is 7.66. The van der Waals surface area contributed by atoms with Gasteiger partial charge in [0.1, 0.15) is 6.33 Å². The van der Waals surface area contributed by atoms with E-state index in [9.17, 15) is 0 Å². The largest absolute Gasteiger partial charge is 0.477 e. The Bertz CT molecular complexity index is 365. The van der Waals surface area contributed by atoms with Crippen LogP contribution in [0.25, 0.3) is 0 Å². The summed E-state index contributed by atoms with van der Waals surface area (Å²) in [7, 11) is 2.11. The Kier molecular flexibility index (Phi) is 3.39. The van der Waals surface area contributed by atoms with E-state index in [0.717, 1.165) is 37.7 Å². The normalized spacial score (nSPS) is 16.2. The smallest absolute Gasteiger partial charge is 0.219 e. The van der Waals surface area contributed by atoms with Crippen LogP contribution < -0.4 is 4.74 Å². The van der Waals surface area contributed by atoms with Gasteiger partial charge in [-0.1, -0.05) is 13.8 Å². The highest BCUT2D eigenvalue weighted by atomic mass is 16.5. The summed E-state index contributed by atoms with van der Waals surface area (Å²) in [6.07, 6.45) is 2.59. The number of ether oxygens (including phenoxy) is 1. The van der Waals surface area contributed by atoms with Crippen LogP contribution in [0.1, 0.15) is 25.1 Å². The summed E-state index contributed by atoms with van der Waals surface area (Å²) in [5.41, 5.74) is 2.31. The molecule has 0 aliphatic carbocycles. The Morgan fingerprint density at radius 3 is 3.00 bits per heavy atom. The Morgan fingerprint density at radius 2 is 2.25 bits per heavy atom. The maximum atomic E-state index is 5.73. The van der Waals surface area contributed by atoms with Crippen LogP contribution in [0.4, 0.5) is 0 Å². The third-order valence-corrected chi connectivity index (χ3v) is 2.71. The predicted octanol–water partition coefficient (Wildman–Crippen LogP) is 1.50. The van der Waals surface area contributed by atoms with Crippen LogP contribution in [0.5, 0.6) is 5.88 Å². The molecule has 0 radical (unpaired) electrons. The molecule has 0 unspecified atom stereocenters. The summed E-state index contributed by atoms with van der Waals surface area (Å²) in [6, 6.07) is 0. The van der Waals surface area contributed by atoms with Crippen LogP contribution in [0.3, 0.4) is 0 Å². The number of hydrogen-bond acceptors (Lipinski definition) is 4. The maximum Gasteiger partial charge on any atom is 0.219 e. The first-order valence-corrected chi connectivity index (χ1v) is 5.81. The van der Waals surface area contributed by atoms with Crippen molar-refractivity contribution in [1.82, 2.24) is 14.9 Å². The molecule has 88 valence electrons. The fraction of sp³-hybridized carbons (Fsp3) is 0.667. The van der Waals surface area contributed by atoms with Crippen LogP contribution in [-0.2, 0) is 13.0 Å². The second-order valence-corrected chi connectivity index (χ2v) is 4.80. The summed E-state index contributed by atoms with van der Waals surface area (Å²) in [5, 5.41) is 0. The zero-order valence-corrected chi connectivity index (χ0v) is 10.2. The van der Waals surface area contributed by atoms with E-state index in [1.165, 1.54) is 5.56 Å². The van der Waals surface area contributed by atoms with Crippen molar-refractivity contribution in [3.63, 3.8) is 0 Å². The molecule has 0 atom stereocenters. The molecule has 0 N–H and O–H groups in total. The summed E-state index contributed by atoms with van der Waals surface area (Å²) >= 11 is 0. The number of likely N-dealkylation sites (N-methyl/N-ethyl adjacent to an activating group) is 1. The van der Waals surface area contributed by atoms with E-state index in [0.29, 0.717) is 5.92 Å². The molecule has 4 heteroatoms. The van der Waals surface area contributed by atoms with Crippen molar-refractivity contribution in [1.29, 1.82) is 0 Å². The van der Waals surface area contributed by atoms with E-state index in [1.54, 1.807) is 6.33 Å². The third-order valence-electron chi connectivity index (χ3n) is 2.71. The third kappa shape index (κ3) is 2.50. The van der Waals surface area contributed by atoms with Gasteiger partial charge in [0.05, 0.1) is 12.3 Å². The van der Waals surface area contributed by atoms with E-state index >= 15 is 0 Å². The average Bonchev–Trinajstić information content (AvgIpc) is 2.25. The molecule has 1 aromatic rings. The second-order valence-electron chi connectivity index (χ2n) is 4.80. The van der Waals surface area contributed by atoms with Crippen molar-refractivity contribution in [2.24, 2.45) is 5.92 Å². The first kappa shape index (κ1) is 11.3. The predicted molar refractivity (Wildman–Crippen MR) is 62.4 cm³/mol. The summed E-state index contributed by atoms with van der Waals surface area (Å²) < 4.78 is 5.73. The van der Waals surface area contributed by atoms with Gasteiger partial charge in [-0.15, -0.1) is 0 Å². The van der Waals surface area contributed by atoms with Gasteiger partial charge in [-0.05, 0) is 19.4 Å². The standard InChI is InChI=1S/C12H19N3O/c1-9(2)7-16-12-10-4-5-15(3)6-11(10)13-8-14-12/h8-9H,4-7H2,1-3H3. The van der Waals surface area contributed by atoms with Gasteiger partial charge < -0.3 is 9.64 Å². The van der Waals surface area contributed by atoms with Crippen molar-refractivity contribution in [2.45, 2.75) is 26.8 Å². The fourth-order valence-corrected chi connectivity index (χ4v) is 1.83. The number of hydrogen-bond donors (Lipinski definition) is 0. The molecular formula is C12H19N3O. The molecule has 0 aromatic carbocycles. The Morgan fingerprint density at radius 1 is 1.44 bits per heavy atom. The Labute approximate surface area is 96.7 Å². The number of rotatable bonds is 3. The molecule has 4 nitrogen and oxygen atoms in total. The summed E-state index contributed by atoms with van der Waals surface area (Å²) in [5.74, 6) is 1.31. The van der Waals surface area contributed by atoms with Crippen LogP contribution in [0.2, 0.25) is 0 Å². The Balaban J connectivity index is 2.16. The molecule has 2 rings (SSSR count). The topological polar surface area (TPSA) is 38.3 Å². The van der Waals surface area contributed by atoms with E-state index in [1.807, 2.05) is 0 Å². The van der Waals surface area contributed by atoms with Gasteiger partial charge in [-0.3, -0.25) is 0 Å². The molecule has 0 saturated carbocycles. The van der Waals surface area contributed by atoms with E-state index < -0.39 is 0 Å². The van der Waals surface area contributed by atoms with Crippen molar-refractivity contribution in [3.05, 3.63) is 17.6 Å². The molecule has 1 aliphatic rings. The lowest BCUT2D eigenvalue weighted by Gasteiger charge is -2.25. The van der Waals surface area contributed by atoms with Crippen molar-refractivity contribution in [3.8, 4) is 5.88 Å². The van der Waals surface area contributed by atoms with E-state index in [2.05, 4.69) is 35.8 Å². The van der Waals surface area contributed by atoms with Crippen molar-refractivity contribution < 1.29 is 4.74 Å². The van der Waals surface area contributed by atoms with Gasteiger partial charge in [-0.25, -0.2) is 9.97 Å². The highest BCUT2D eigenvalue weighted by Gasteiger charge is 2.19. The number of aromatic nitrogens is 2. The summed E-state index contributed by atoms with van der Waals surface area (Å²) in [4.78, 5) is 10.8. The molecule has 16 heavy (non-hydrogen) atoms. The van der Waals surface area contributed by atoms with Gasteiger partial charge in [0.2, 0.25) is 5.88 Å². The fourth-order valence-electron chi connectivity index (χ4n) is 1.83. The zero-order valence-electron chi connectivity index (χ0n) is 10.2. The number of nitrogens with zero attached hydrogens (tertiary/aromatic N) is 3. The molecule has 1 aromatic heterocycles. The highest BCUT2D eigenvalue weighted by molar-refractivity contribution is 5.31. The minimum absolute atomic E-state index is 0.525. The average molecular weight is 221 g/mol. The highest BCUT2D eigenvalue weighted by Crippen LogP contribution is 2.23. The van der Waals surface area contributed by atoms with Gasteiger partial charge in [0, 0.05) is 18.7 Å². The van der Waals surface area contributed by atoms with Crippen molar-refractivity contribution >= 4 is 0 Å². The minimum atomic E-state index is 0.525. The van der Waals surface area contributed by atoms with E-state index in [-0.39, 0.29) is 0 Å². The lowest BCUT2D eigenvalue weighted by atomic mass is 10.1. The van der Waals surface area contributed by atoms with Crippen LogP contribution >= 0.6 is 0 Å². The quantitative estimate of drug-likeness (QED) is 0.775. The molecule has 0 fully saturated rings. The van der Waals surface area contributed by atoms with Gasteiger partial charge in [0.15, 0.2) is 0 Å². The van der Waals surface area contributed by atoms with E-state index in [4.69, 9.17) is 4.74 Å². The lowest BCUT2D eigenvalue weighted by Crippen LogP contribution is -2.28. The number of fused-ring (bicyclic) bond motifs is 1. The SMILES string of the molecule is CC(C)COc1ncnc2c1CCN(C)C2. The molecule has 0 saturated heterocycles. The van der Waals surface area contributed by atoms with Crippen LogP contribution in [-0.4, -0.2) is 35.1 Å². The summed E-state index contributed by atoms with van der Waals surface area (Å²) in [6.45, 7) is 6.95. The monoisotopic (exact) mass is 221 g/mol. The van der Waals surface area contributed by atoms with Gasteiger partial charge in [0.25, 0.3) is 0 Å². The molecule has 1 aliphatic heterocycles. The lowest BCUT2D eigenvalue weighted by molar-refractivity contribution is 0.248. The minimum Gasteiger partial charge on any atom is -0.477 e. The molecule has 0 amide bonds. The van der Waals surface area contributed by atoms with Crippen LogP contribution in [0.15, 0.2) is 6.33 Å². The molecule has 0 spiro atoms. The first-order valence-electron chi connectivity index (χ1n) is 5.81. The Hall–Kier alpha value is -1.16. The molecular weight excluding hydrogens is 202 g/mol. The van der Waals surface area contributed by atoms with Crippen molar-refractivity contribution in [2.75, 3.05) is 20.2 Å². The maximum absolute atomic E-state index is 5.73. The second kappa shape index (κ2) is 4.78.